The van der Waals surface area contributed by atoms with Gasteiger partial charge in [0.05, 0.1) is 5.69 Å². The Hall–Kier alpha value is -2.16. The van der Waals surface area contributed by atoms with Gasteiger partial charge in [0.1, 0.15) is 11.0 Å². The molecule has 1 aromatic heterocycles. The van der Waals surface area contributed by atoms with Crippen LogP contribution in [0, 0.1) is 20.8 Å². The van der Waals surface area contributed by atoms with E-state index in [1.165, 1.54) is 16.7 Å². The fourth-order valence-corrected chi connectivity index (χ4v) is 2.25. The van der Waals surface area contributed by atoms with Gasteiger partial charge in [0.15, 0.2) is 0 Å². The monoisotopic (exact) mass is 237 g/mol. The van der Waals surface area contributed by atoms with Crippen LogP contribution in [-0.2, 0) is 0 Å². The number of nitrogens with zero attached hydrogens (tertiary/aromatic N) is 3. The summed E-state index contributed by atoms with van der Waals surface area (Å²) in [7, 11) is 0. The zero-order chi connectivity index (χ0) is 12.7. The third-order valence-corrected chi connectivity index (χ3v) is 3.18. The standard InChI is InChI=1S/C15H15N3/c1-10-7-8-13-14(9-10)17-18(16-13)15-11(2)5-4-6-12(15)3/h4-9H,1-3H3. The van der Waals surface area contributed by atoms with Crippen LogP contribution in [0.25, 0.3) is 16.7 Å². The van der Waals surface area contributed by atoms with E-state index >= 15 is 0 Å². The number of aromatic nitrogens is 3. The molecule has 0 fully saturated rings. The normalized spacial score (nSPS) is 11.1. The Bertz CT molecular complexity index is 705. The fraction of sp³-hybridized carbons (Fsp3) is 0.200. The van der Waals surface area contributed by atoms with Crippen LogP contribution in [0.1, 0.15) is 16.7 Å². The van der Waals surface area contributed by atoms with Gasteiger partial charge < -0.3 is 0 Å². The highest BCUT2D eigenvalue weighted by Gasteiger charge is 2.09. The fourth-order valence-electron chi connectivity index (χ4n) is 2.25. The molecule has 3 aromatic rings. The molecule has 0 amide bonds. The van der Waals surface area contributed by atoms with Crippen molar-refractivity contribution in [3.8, 4) is 5.69 Å². The Morgan fingerprint density at radius 3 is 2.22 bits per heavy atom. The van der Waals surface area contributed by atoms with Crippen LogP contribution in [0.3, 0.4) is 0 Å². The van der Waals surface area contributed by atoms with Crippen LogP contribution in [0.15, 0.2) is 36.4 Å². The summed E-state index contributed by atoms with van der Waals surface area (Å²) in [4.78, 5) is 1.74. The molecular weight excluding hydrogens is 222 g/mol. The molecular formula is C15H15N3. The highest BCUT2D eigenvalue weighted by atomic mass is 15.5. The van der Waals surface area contributed by atoms with Crippen LogP contribution in [0.5, 0.6) is 0 Å². The van der Waals surface area contributed by atoms with Crippen LogP contribution >= 0.6 is 0 Å². The molecule has 3 heteroatoms. The maximum absolute atomic E-state index is 4.57. The highest BCUT2D eigenvalue weighted by molar-refractivity contribution is 5.74. The molecule has 0 spiro atoms. The van der Waals surface area contributed by atoms with Crippen molar-refractivity contribution < 1.29 is 0 Å². The topological polar surface area (TPSA) is 30.7 Å². The predicted molar refractivity (Wildman–Crippen MR) is 73.1 cm³/mol. The highest BCUT2D eigenvalue weighted by Crippen LogP contribution is 2.19. The summed E-state index contributed by atoms with van der Waals surface area (Å²) in [6.45, 7) is 6.24. The lowest BCUT2D eigenvalue weighted by molar-refractivity contribution is 0.755. The molecule has 3 nitrogen and oxygen atoms in total. The van der Waals surface area contributed by atoms with Gasteiger partial charge in [-0.05, 0) is 49.6 Å². The van der Waals surface area contributed by atoms with Gasteiger partial charge in [-0.25, -0.2) is 0 Å². The third-order valence-electron chi connectivity index (χ3n) is 3.18. The molecule has 0 aliphatic heterocycles. The smallest absolute Gasteiger partial charge is 0.113 e. The van der Waals surface area contributed by atoms with Gasteiger partial charge in [0.2, 0.25) is 0 Å². The Labute approximate surface area is 106 Å². The molecule has 18 heavy (non-hydrogen) atoms. The lowest BCUT2D eigenvalue weighted by Crippen LogP contribution is -2.03. The third kappa shape index (κ3) is 1.68. The molecule has 90 valence electrons. The first-order valence-electron chi connectivity index (χ1n) is 6.05. The first-order chi connectivity index (χ1) is 8.65. The van der Waals surface area contributed by atoms with E-state index < -0.39 is 0 Å². The lowest BCUT2D eigenvalue weighted by atomic mass is 10.1. The average molecular weight is 237 g/mol. The van der Waals surface area contributed by atoms with E-state index in [0.717, 1.165) is 16.7 Å². The number of hydrogen-bond acceptors (Lipinski definition) is 2. The molecule has 0 atom stereocenters. The molecule has 3 rings (SSSR count). The second-order valence-electron chi connectivity index (χ2n) is 4.72. The molecule has 0 radical (unpaired) electrons. The van der Waals surface area contributed by atoms with Crippen LogP contribution < -0.4 is 0 Å². The summed E-state index contributed by atoms with van der Waals surface area (Å²) in [5.74, 6) is 0. The van der Waals surface area contributed by atoms with Crippen molar-refractivity contribution in [3.63, 3.8) is 0 Å². The Morgan fingerprint density at radius 1 is 0.833 bits per heavy atom. The van der Waals surface area contributed by atoms with Gasteiger partial charge in [-0.1, -0.05) is 24.3 Å². The van der Waals surface area contributed by atoms with Crippen molar-refractivity contribution in [1.29, 1.82) is 0 Å². The summed E-state index contributed by atoms with van der Waals surface area (Å²) in [5, 5.41) is 9.12. The van der Waals surface area contributed by atoms with E-state index in [9.17, 15) is 0 Å². The van der Waals surface area contributed by atoms with Crippen molar-refractivity contribution in [1.82, 2.24) is 15.0 Å². The molecule has 0 saturated heterocycles. The average Bonchev–Trinajstić information content (AvgIpc) is 2.71. The lowest BCUT2D eigenvalue weighted by Gasteiger charge is -2.07. The largest absolute Gasteiger partial charge is 0.150 e. The Balaban J connectivity index is 2.26. The first-order valence-corrected chi connectivity index (χ1v) is 6.05. The van der Waals surface area contributed by atoms with Crippen molar-refractivity contribution in [3.05, 3.63) is 53.1 Å². The summed E-state index contributed by atoms with van der Waals surface area (Å²) in [5.41, 5.74) is 6.53. The molecule has 2 aromatic carbocycles. The van der Waals surface area contributed by atoms with Crippen LogP contribution in [0.4, 0.5) is 0 Å². The minimum atomic E-state index is 0.934. The molecule has 0 aliphatic carbocycles. The van der Waals surface area contributed by atoms with E-state index in [1.54, 1.807) is 4.80 Å². The number of aryl methyl sites for hydroxylation is 3. The first kappa shape index (κ1) is 11.0. The second kappa shape index (κ2) is 3.95. The summed E-state index contributed by atoms with van der Waals surface area (Å²) < 4.78 is 0. The SMILES string of the molecule is Cc1ccc2nn(-c3c(C)cccc3C)nc2c1. The van der Waals surface area contributed by atoms with Crippen molar-refractivity contribution in [2.24, 2.45) is 0 Å². The van der Waals surface area contributed by atoms with Gasteiger partial charge in [-0.15, -0.1) is 15.0 Å². The maximum atomic E-state index is 4.57. The van der Waals surface area contributed by atoms with Crippen molar-refractivity contribution in [2.75, 3.05) is 0 Å². The van der Waals surface area contributed by atoms with E-state index in [0.29, 0.717) is 0 Å². The molecule has 0 N–H and O–H groups in total. The second-order valence-corrected chi connectivity index (χ2v) is 4.72. The van der Waals surface area contributed by atoms with Crippen LogP contribution in [0.2, 0.25) is 0 Å². The number of para-hydroxylation sites is 1. The van der Waals surface area contributed by atoms with E-state index in [4.69, 9.17) is 0 Å². The van der Waals surface area contributed by atoms with Crippen LogP contribution in [-0.4, -0.2) is 15.0 Å². The van der Waals surface area contributed by atoms with Crippen molar-refractivity contribution in [2.45, 2.75) is 20.8 Å². The summed E-state index contributed by atoms with van der Waals surface area (Å²) >= 11 is 0. The van der Waals surface area contributed by atoms with E-state index in [-0.39, 0.29) is 0 Å². The van der Waals surface area contributed by atoms with E-state index in [2.05, 4.69) is 61.3 Å². The molecule has 0 bridgehead atoms. The van der Waals surface area contributed by atoms with Crippen molar-refractivity contribution >= 4 is 11.0 Å². The van der Waals surface area contributed by atoms with Gasteiger partial charge in [-0.2, -0.15) is 0 Å². The zero-order valence-corrected chi connectivity index (χ0v) is 10.8. The number of fused-ring (bicyclic) bond motifs is 1. The Kier molecular flexibility index (Phi) is 2.40. The number of hydrogen-bond donors (Lipinski definition) is 0. The van der Waals surface area contributed by atoms with Gasteiger partial charge in [-0.3, -0.25) is 0 Å². The minimum absolute atomic E-state index is 0.934. The number of rotatable bonds is 1. The minimum Gasteiger partial charge on any atom is -0.150 e. The molecule has 0 saturated carbocycles. The quantitative estimate of drug-likeness (QED) is 0.650. The maximum Gasteiger partial charge on any atom is 0.113 e. The van der Waals surface area contributed by atoms with Gasteiger partial charge in [0.25, 0.3) is 0 Å². The zero-order valence-electron chi connectivity index (χ0n) is 10.8. The Morgan fingerprint density at radius 2 is 1.50 bits per heavy atom. The predicted octanol–water partition coefficient (Wildman–Crippen LogP) is 3.35. The van der Waals surface area contributed by atoms with E-state index in [1.807, 2.05) is 6.07 Å². The number of benzene rings is 2. The molecule has 1 heterocycles. The summed E-state index contributed by atoms with van der Waals surface area (Å²) in [6, 6.07) is 12.4. The van der Waals surface area contributed by atoms with Gasteiger partial charge >= 0.3 is 0 Å². The molecule has 0 aliphatic rings. The van der Waals surface area contributed by atoms with Gasteiger partial charge in [0, 0.05) is 0 Å². The molecule has 0 unspecified atom stereocenters. The summed E-state index contributed by atoms with van der Waals surface area (Å²) in [6.07, 6.45) is 0.